The number of nitrogens with two attached hydrogens (primary N) is 2. The lowest BCUT2D eigenvalue weighted by Gasteiger charge is -2.13. The molecule has 61 heavy (non-hydrogen) atoms. The lowest BCUT2D eigenvalue weighted by molar-refractivity contribution is -0.0224. The highest BCUT2D eigenvalue weighted by Gasteiger charge is 2.23. The molecule has 1 aromatic carbocycles. The summed E-state index contributed by atoms with van der Waals surface area (Å²) in [7, 11) is 0. The summed E-state index contributed by atoms with van der Waals surface area (Å²) in [5.74, 6) is -1.06. The number of aromatic nitrogens is 9. The van der Waals surface area contributed by atoms with Gasteiger partial charge in [0.05, 0.1) is 42.1 Å². The number of pyridine rings is 1. The zero-order valence-corrected chi connectivity index (χ0v) is 34.8. The SMILES string of the molecule is CCn1nc(C)cc1C(=O)Cc1nc2cc(C(N)=O)cc(OCCCNCCOC(C)F)c2n1C/C=C/Cn1c(NC(=O)c2cc(C)nn2CC)nc2cc(C(N)=O)cnc21. The Morgan fingerprint density at radius 3 is 2.16 bits per heavy atom. The highest BCUT2D eigenvalue weighted by atomic mass is 19.1. The summed E-state index contributed by atoms with van der Waals surface area (Å²) in [6, 6.07) is 8.05. The minimum absolute atomic E-state index is 0.0925. The molecule has 1 atom stereocenters. The summed E-state index contributed by atoms with van der Waals surface area (Å²) in [5.41, 5.74) is 15.4. The summed E-state index contributed by atoms with van der Waals surface area (Å²) < 4.78 is 30.9. The minimum Gasteiger partial charge on any atom is -0.491 e. The summed E-state index contributed by atoms with van der Waals surface area (Å²) in [5, 5.41) is 14.9. The Balaban J connectivity index is 1.33. The number of anilines is 1. The molecule has 0 aliphatic carbocycles. The van der Waals surface area contributed by atoms with Crippen LogP contribution in [-0.4, -0.2) is 99.8 Å². The van der Waals surface area contributed by atoms with Crippen molar-refractivity contribution in [2.45, 2.75) is 80.0 Å². The number of rotatable bonds is 22. The normalized spacial score (nSPS) is 12.2. The van der Waals surface area contributed by atoms with Crippen LogP contribution in [0, 0.1) is 13.8 Å². The molecule has 0 aliphatic rings. The summed E-state index contributed by atoms with van der Waals surface area (Å²) in [6.07, 6.45) is 4.17. The van der Waals surface area contributed by atoms with E-state index >= 15 is 0 Å². The number of nitrogens with one attached hydrogen (secondary N) is 2. The first kappa shape index (κ1) is 43.8. The Morgan fingerprint density at radius 2 is 1.49 bits per heavy atom. The highest BCUT2D eigenvalue weighted by Crippen LogP contribution is 2.30. The molecule has 1 unspecified atom stereocenters. The molecule has 6 N–H and O–H groups in total. The van der Waals surface area contributed by atoms with Gasteiger partial charge < -0.3 is 30.8 Å². The van der Waals surface area contributed by atoms with Gasteiger partial charge >= 0.3 is 0 Å². The van der Waals surface area contributed by atoms with Gasteiger partial charge in [0, 0.05) is 44.5 Å². The fraction of sp³-hybridized carbons (Fsp3) is 0.390. The number of aryl methyl sites for hydroxylation is 4. The maximum absolute atomic E-state index is 13.8. The largest absolute Gasteiger partial charge is 0.491 e. The molecule has 322 valence electrons. The lowest BCUT2D eigenvalue weighted by Crippen LogP contribution is -2.23. The first-order chi connectivity index (χ1) is 29.3. The van der Waals surface area contributed by atoms with E-state index in [1.807, 2.05) is 37.5 Å². The number of ketones is 1. The Hall–Kier alpha value is -6.80. The zero-order valence-electron chi connectivity index (χ0n) is 34.8. The quantitative estimate of drug-likeness (QED) is 0.0435. The monoisotopic (exact) mass is 839 g/mol. The Labute approximate surface area is 350 Å². The van der Waals surface area contributed by atoms with Crippen molar-refractivity contribution in [1.82, 2.24) is 49.0 Å². The van der Waals surface area contributed by atoms with E-state index in [9.17, 15) is 23.6 Å². The van der Waals surface area contributed by atoms with Crippen molar-refractivity contribution < 1.29 is 33.0 Å². The van der Waals surface area contributed by atoms with Gasteiger partial charge in [-0.2, -0.15) is 10.2 Å². The first-order valence-corrected chi connectivity index (χ1v) is 19.9. The van der Waals surface area contributed by atoms with E-state index in [1.54, 1.807) is 45.1 Å². The van der Waals surface area contributed by atoms with Gasteiger partial charge in [-0.3, -0.25) is 38.4 Å². The van der Waals surface area contributed by atoms with Gasteiger partial charge in [0.2, 0.25) is 17.8 Å². The molecule has 0 spiro atoms. The van der Waals surface area contributed by atoms with Crippen LogP contribution in [0.5, 0.6) is 5.75 Å². The molecule has 0 saturated heterocycles. The number of ether oxygens (including phenoxy) is 2. The van der Waals surface area contributed by atoms with E-state index < -0.39 is 24.1 Å². The van der Waals surface area contributed by atoms with Crippen LogP contribution >= 0.6 is 0 Å². The average Bonchev–Trinajstić information content (AvgIpc) is 3.99. The molecule has 0 bridgehead atoms. The molecule has 19 nitrogen and oxygen atoms in total. The molecule has 3 amide bonds. The maximum Gasteiger partial charge on any atom is 0.276 e. The minimum atomic E-state index is -1.35. The van der Waals surface area contributed by atoms with Crippen molar-refractivity contribution in [1.29, 1.82) is 0 Å². The zero-order chi connectivity index (χ0) is 43.8. The van der Waals surface area contributed by atoms with E-state index in [-0.39, 0.29) is 55.6 Å². The fourth-order valence-corrected chi connectivity index (χ4v) is 6.81. The number of nitrogens with zero attached hydrogens (tertiary/aromatic N) is 9. The number of allylic oxidation sites excluding steroid dienone is 2. The van der Waals surface area contributed by atoms with Crippen molar-refractivity contribution in [3.63, 3.8) is 0 Å². The number of halogens is 1. The van der Waals surface area contributed by atoms with Crippen LogP contribution in [0.1, 0.15) is 86.1 Å². The van der Waals surface area contributed by atoms with E-state index in [0.717, 1.165) is 0 Å². The number of fused-ring (bicyclic) bond motifs is 2. The van der Waals surface area contributed by atoms with Crippen LogP contribution in [0.2, 0.25) is 0 Å². The molecule has 0 aliphatic heterocycles. The van der Waals surface area contributed by atoms with Crippen LogP contribution < -0.4 is 26.8 Å². The third-order valence-electron chi connectivity index (χ3n) is 9.63. The molecule has 20 heteroatoms. The van der Waals surface area contributed by atoms with Crippen LogP contribution in [0.4, 0.5) is 10.3 Å². The Morgan fingerprint density at radius 1 is 0.836 bits per heavy atom. The van der Waals surface area contributed by atoms with E-state index in [0.29, 0.717) is 89.1 Å². The van der Waals surface area contributed by atoms with Crippen LogP contribution in [0.25, 0.3) is 22.2 Å². The lowest BCUT2D eigenvalue weighted by atomic mass is 10.1. The number of benzene rings is 1. The van der Waals surface area contributed by atoms with Gasteiger partial charge in [-0.1, -0.05) is 12.2 Å². The van der Waals surface area contributed by atoms with Crippen molar-refractivity contribution in [2.24, 2.45) is 11.5 Å². The van der Waals surface area contributed by atoms with Crippen molar-refractivity contribution in [3.05, 3.63) is 88.4 Å². The number of hydrogen-bond donors (Lipinski definition) is 4. The molecular formula is C41H50FN13O6. The van der Waals surface area contributed by atoms with Gasteiger partial charge in [0.25, 0.3) is 5.91 Å². The van der Waals surface area contributed by atoms with Gasteiger partial charge in [-0.15, -0.1) is 0 Å². The average molecular weight is 840 g/mol. The maximum atomic E-state index is 13.8. The molecule has 5 heterocycles. The predicted octanol–water partition coefficient (Wildman–Crippen LogP) is 3.65. The standard InChI is InChI=1S/C41H50FN13O6/c1-6-54-31(17-24(3)50-54)33(56)22-35-47-29-19-27(37(43)57)21-34(61-15-10-11-45-12-16-60-26(5)42)36(29)52(35)13-8-9-14-53-39-30(20-28(23-46-39)38(44)58)48-41(53)49-40(59)32-18-25(4)51-55(32)7-2/h8-9,17-21,23,26,45H,6-7,10-16,22H2,1-5H3,(H2,43,57)(H2,44,58)(H,48,49,59)/b9-8+. The molecule has 6 rings (SSSR count). The molecule has 6 aromatic rings. The van der Waals surface area contributed by atoms with Gasteiger partial charge in [0.15, 0.2) is 17.8 Å². The molecule has 0 radical (unpaired) electrons. The number of primary amides is 2. The van der Waals surface area contributed by atoms with Crippen molar-refractivity contribution in [3.8, 4) is 5.75 Å². The number of amides is 3. The third-order valence-corrected chi connectivity index (χ3v) is 9.63. The topological polar surface area (TPSA) is 247 Å². The predicted molar refractivity (Wildman–Crippen MR) is 224 cm³/mol. The van der Waals surface area contributed by atoms with Crippen LogP contribution in [-0.2, 0) is 37.3 Å². The Kier molecular flexibility index (Phi) is 14.0. The second-order valence-corrected chi connectivity index (χ2v) is 14.2. The Bertz CT molecular complexity index is 2600. The summed E-state index contributed by atoms with van der Waals surface area (Å²) in [4.78, 5) is 65.7. The smallest absolute Gasteiger partial charge is 0.276 e. The number of carbonyl (C=O) groups excluding carboxylic acids is 4. The van der Waals surface area contributed by atoms with Gasteiger partial charge in [-0.05, 0) is 77.9 Å². The molecular weight excluding hydrogens is 790 g/mol. The van der Waals surface area contributed by atoms with Gasteiger partial charge in [-0.25, -0.2) is 19.3 Å². The van der Waals surface area contributed by atoms with Crippen LogP contribution in [0.3, 0.4) is 0 Å². The molecule has 0 saturated carbocycles. The third kappa shape index (κ3) is 10.3. The number of carbonyl (C=O) groups is 4. The van der Waals surface area contributed by atoms with Crippen LogP contribution in [0.15, 0.2) is 48.7 Å². The number of imidazole rings is 2. The molecule has 5 aromatic heterocycles. The number of Topliss-reactive ketones (excluding diaryl/α,β-unsaturated/α-hetero) is 1. The highest BCUT2D eigenvalue weighted by molar-refractivity contribution is 6.03. The summed E-state index contributed by atoms with van der Waals surface area (Å²) >= 11 is 0. The van der Waals surface area contributed by atoms with Crippen molar-refractivity contribution >= 4 is 51.7 Å². The van der Waals surface area contributed by atoms with E-state index in [4.69, 9.17) is 25.9 Å². The number of hydrogen-bond acceptors (Lipinski definition) is 12. The fourth-order valence-electron chi connectivity index (χ4n) is 6.81. The second kappa shape index (κ2) is 19.5. The van der Waals surface area contributed by atoms with E-state index in [2.05, 4.69) is 30.8 Å². The van der Waals surface area contributed by atoms with E-state index in [1.165, 1.54) is 19.2 Å². The summed E-state index contributed by atoms with van der Waals surface area (Å²) in [6.45, 7) is 11.6. The number of alkyl halides is 1. The van der Waals surface area contributed by atoms with Crippen molar-refractivity contribution in [2.75, 3.05) is 31.6 Å². The first-order valence-electron chi connectivity index (χ1n) is 19.9. The molecule has 0 fully saturated rings. The van der Waals surface area contributed by atoms with Gasteiger partial charge in [0.1, 0.15) is 34.0 Å². The second-order valence-electron chi connectivity index (χ2n) is 14.2.